The highest BCUT2D eigenvalue weighted by Gasteiger charge is 2.14. The number of ether oxygens (including phenoxy) is 1. The number of rotatable bonds is 3. The smallest absolute Gasteiger partial charge is 0.259 e. The number of nitrogens with one attached hydrogen (secondary N) is 1. The molecule has 104 valence electrons. The van der Waals surface area contributed by atoms with Crippen molar-refractivity contribution < 1.29 is 24.1 Å². The lowest BCUT2D eigenvalue weighted by atomic mass is 10.1. The van der Waals surface area contributed by atoms with Crippen LogP contribution in [0.5, 0.6) is 17.2 Å². The van der Waals surface area contributed by atoms with E-state index in [1.54, 1.807) is 0 Å². The molecule has 0 aliphatic rings. The van der Waals surface area contributed by atoms with Gasteiger partial charge in [0, 0.05) is 6.07 Å². The highest BCUT2D eigenvalue weighted by molar-refractivity contribution is 6.07. The van der Waals surface area contributed by atoms with Gasteiger partial charge in [-0.3, -0.25) is 4.79 Å². The van der Waals surface area contributed by atoms with Crippen molar-refractivity contribution in [2.45, 2.75) is 0 Å². The zero-order valence-electron chi connectivity index (χ0n) is 10.6. The van der Waals surface area contributed by atoms with Crippen LogP contribution < -0.4 is 10.1 Å². The molecule has 0 saturated carbocycles. The molecule has 0 unspecified atom stereocenters. The van der Waals surface area contributed by atoms with Gasteiger partial charge >= 0.3 is 0 Å². The lowest BCUT2D eigenvalue weighted by Gasteiger charge is -2.11. The molecule has 0 aliphatic heterocycles. The van der Waals surface area contributed by atoms with Crippen molar-refractivity contribution in [3.05, 3.63) is 47.8 Å². The molecule has 0 aliphatic carbocycles. The van der Waals surface area contributed by atoms with Gasteiger partial charge in [0.25, 0.3) is 5.91 Å². The summed E-state index contributed by atoms with van der Waals surface area (Å²) < 4.78 is 18.0. The number of aromatic hydroxyl groups is 2. The average Bonchev–Trinajstić information content (AvgIpc) is 2.43. The summed E-state index contributed by atoms with van der Waals surface area (Å²) in [6.07, 6.45) is 0. The molecule has 0 bridgehead atoms. The van der Waals surface area contributed by atoms with E-state index in [2.05, 4.69) is 5.32 Å². The van der Waals surface area contributed by atoms with Crippen LogP contribution in [0.1, 0.15) is 10.4 Å². The molecular formula is C14H12FNO4. The molecule has 0 aromatic heterocycles. The Morgan fingerprint density at radius 2 is 1.95 bits per heavy atom. The van der Waals surface area contributed by atoms with Gasteiger partial charge in [-0.25, -0.2) is 4.39 Å². The molecule has 0 fully saturated rings. The standard InChI is InChI=1S/C14H12FNO4/c1-20-13-6-8(15)2-4-11(13)16-14(19)10-7-9(17)3-5-12(10)18/h2-7,17-18H,1H3,(H,16,19). The second kappa shape index (κ2) is 5.48. The van der Waals surface area contributed by atoms with E-state index >= 15 is 0 Å². The van der Waals surface area contributed by atoms with Crippen LogP contribution in [0.15, 0.2) is 36.4 Å². The molecule has 2 rings (SSSR count). The highest BCUT2D eigenvalue weighted by atomic mass is 19.1. The number of phenols is 2. The predicted molar refractivity (Wildman–Crippen MR) is 70.7 cm³/mol. The lowest BCUT2D eigenvalue weighted by Crippen LogP contribution is -2.13. The topological polar surface area (TPSA) is 78.8 Å². The summed E-state index contributed by atoms with van der Waals surface area (Å²) in [5.74, 6) is -1.43. The fraction of sp³-hybridized carbons (Fsp3) is 0.0714. The van der Waals surface area contributed by atoms with Gasteiger partial charge in [0.1, 0.15) is 23.1 Å². The minimum absolute atomic E-state index is 0.101. The van der Waals surface area contributed by atoms with Crippen molar-refractivity contribution in [1.82, 2.24) is 0 Å². The number of hydrogen-bond acceptors (Lipinski definition) is 4. The van der Waals surface area contributed by atoms with E-state index in [1.165, 1.54) is 31.4 Å². The Hall–Kier alpha value is -2.76. The van der Waals surface area contributed by atoms with E-state index < -0.39 is 11.7 Å². The third-order valence-corrected chi connectivity index (χ3v) is 2.64. The van der Waals surface area contributed by atoms with Gasteiger partial charge in [-0.2, -0.15) is 0 Å². The molecule has 2 aromatic carbocycles. The molecule has 0 spiro atoms. The minimum atomic E-state index is -0.650. The van der Waals surface area contributed by atoms with Crippen LogP contribution >= 0.6 is 0 Å². The summed E-state index contributed by atoms with van der Waals surface area (Å²) in [7, 11) is 1.34. The Labute approximate surface area is 114 Å². The fourth-order valence-corrected chi connectivity index (χ4v) is 1.66. The van der Waals surface area contributed by atoms with Gasteiger partial charge in [0.05, 0.1) is 18.4 Å². The average molecular weight is 277 g/mol. The van der Waals surface area contributed by atoms with Crippen molar-refractivity contribution in [1.29, 1.82) is 0 Å². The summed E-state index contributed by atoms with van der Waals surface area (Å²) in [6.45, 7) is 0. The summed E-state index contributed by atoms with van der Waals surface area (Å²) >= 11 is 0. The molecule has 1 amide bonds. The van der Waals surface area contributed by atoms with Gasteiger partial charge in [-0.1, -0.05) is 0 Å². The van der Waals surface area contributed by atoms with E-state index in [-0.39, 0.29) is 28.5 Å². The van der Waals surface area contributed by atoms with Crippen LogP contribution in [0, 0.1) is 5.82 Å². The maximum Gasteiger partial charge on any atom is 0.259 e. The van der Waals surface area contributed by atoms with Crippen LogP contribution in [0.3, 0.4) is 0 Å². The molecule has 2 aromatic rings. The summed E-state index contributed by atoms with van der Waals surface area (Å²) in [4.78, 5) is 12.0. The molecule has 0 saturated heterocycles. The molecule has 0 radical (unpaired) electrons. The number of carbonyl (C=O) groups excluding carboxylic acids is 1. The molecule has 5 nitrogen and oxygen atoms in total. The second-order valence-electron chi connectivity index (χ2n) is 4.00. The van der Waals surface area contributed by atoms with E-state index in [4.69, 9.17) is 4.74 Å². The monoisotopic (exact) mass is 277 g/mol. The van der Waals surface area contributed by atoms with Gasteiger partial charge in [-0.05, 0) is 30.3 Å². The fourth-order valence-electron chi connectivity index (χ4n) is 1.66. The van der Waals surface area contributed by atoms with Crippen molar-refractivity contribution in [2.75, 3.05) is 12.4 Å². The SMILES string of the molecule is COc1cc(F)ccc1NC(=O)c1cc(O)ccc1O. The molecule has 0 heterocycles. The summed E-state index contributed by atoms with van der Waals surface area (Å²) in [5, 5.41) is 21.4. The van der Waals surface area contributed by atoms with E-state index in [9.17, 15) is 19.4 Å². The molecule has 3 N–H and O–H groups in total. The lowest BCUT2D eigenvalue weighted by molar-refractivity contribution is 0.102. The number of hydrogen-bond donors (Lipinski definition) is 3. The van der Waals surface area contributed by atoms with Gasteiger partial charge in [0.15, 0.2) is 0 Å². The van der Waals surface area contributed by atoms with Crippen LogP contribution in [0.2, 0.25) is 0 Å². The second-order valence-corrected chi connectivity index (χ2v) is 4.00. The molecule has 20 heavy (non-hydrogen) atoms. The largest absolute Gasteiger partial charge is 0.508 e. The highest BCUT2D eigenvalue weighted by Crippen LogP contribution is 2.27. The number of anilines is 1. The van der Waals surface area contributed by atoms with Gasteiger partial charge in [-0.15, -0.1) is 0 Å². The van der Waals surface area contributed by atoms with Crippen LogP contribution in [-0.4, -0.2) is 23.2 Å². The van der Waals surface area contributed by atoms with Crippen molar-refractivity contribution in [3.8, 4) is 17.2 Å². The first-order valence-electron chi connectivity index (χ1n) is 5.68. The normalized spacial score (nSPS) is 10.1. The van der Waals surface area contributed by atoms with E-state index in [0.717, 1.165) is 12.1 Å². The van der Waals surface area contributed by atoms with Gasteiger partial charge < -0.3 is 20.3 Å². The maximum absolute atomic E-state index is 13.0. The first-order chi connectivity index (χ1) is 9.51. The number of benzene rings is 2. The Morgan fingerprint density at radius 1 is 1.20 bits per heavy atom. The van der Waals surface area contributed by atoms with Crippen molar-refractivity contribution in [2.24, 2.45) is 0 Å². The number of phenolic OH excluding ortho intramolecular Hbond substituents is 2. The Morgan fingerprint density at radius 3 is 2.65 bits per heavy atom. The van der Waals surface area contributed by atoms with E-state index in [0.29, 0.717) is 0 Å². The summed E-state index contributed by atoms with van der Waals surface area (Å²) in [6, 6.07) is 7.21. The maximum atomic E-state index is 13.0. The van der Waals surface area contributed by atoms with Crippen LogP contribution in [-0.2, 0) is 0 Å². The zero-order valence-corrected chi connectivity index (χ0v) is 10.6. The molecule has 6 heteroatoms. The third kappa shape index (κ3) is 2.80. The zero-order chi connectivity index (χ0) is 14.7. The van der Waals surface area contributed by atoms with Gasteiger partial charge in [0.2, 0.25) is 0 Å². The van der Waals surface area contributed by atoms with Crippen molar-refractivity contribution in [3.63, 3.8) is 0 Å². The van der Waals surface area contributed by atoms with Crippen molar-refractivity contribution >= 4 is 11.6 Å². The van der Waals surface area contributed by atoms with E-state index in [1.807, 2.05) is 0 Å². The number of methoxy groups -OCH3 is 1. The quantitative estimate of drug-likeness (QED) is 0.753. The molecular weight excluding hydrogens is 265 g/mol. The number of carbonyl (C=O) groups is 1. The number of amides is 1. The number of halogens is 1. The van der Waals surface area contributed by atoms with Crippen LogP contribution in [0.4, 0.5) is 10.1 Å². The Kier molecular flexibility index (Phi) is 3.74. The Balaban J connectivity index is 2.30. The third-order valence-electron chi connectivity index (χ3n) is 2.64. The minimum Gasteiger partial charge on any atom is -0.508 e. The van der Waals surface area contributed by atoms with Crippen LogP contribution in [0.25, 0.3) is 0 Å². The summed E-state index contributed by atoms with van der Waals surface area (Å²) in [5.41, 5.74) is 0.151. The molecule has 0 atom stereocenters. The first kappa shape index (κ1) is 13.7. The first-order valence-corrected chi connectivity index (χ1v) is 5.68. The Bertz CT molecular complexity index is 658. The predicted octanol–water partition coefficient (Wildman–Crippen LogP) is 2.50.